The van der Waals surface area contributed by atoms with Crippen molar-refractivity contribution in [2.24, 2.45) is 0 Å². The van der Waals surface area contributed by atoms with Gasteiger partial charge in [-0.15, -0.1) is 0 Å². The van der Waals surface area contributed by atoms with Crippen molar-refractivity contribution in [3.8, 4) is 0 Å². The van der Waals surface area contributed by atoms with Gasteiger partial charge < -0.3 is 0 Å². The minimum Gasteiger partial charge on any atom is -0.0687 e. The molecule has 216 valence electrons. The van der Waals surface area contributed by atoms with Gasteiger partial charge in [-0.1, -0.05) is 11.5 Å². The van der Waals surface area contributed by atoms with E-state index in [-0.39, 0.29) is 0 Å². The molecule has 0 aromatic rings. The molecule has 0 fully saturated rings. The Balaban J connectivity index is 6.09. The summed E-state index contributed by atoms with van der Waals surface area (Å²) in [6, 6.07) is 0. The molecule has 0 N–H and O–H groups in total. The molecule has 0 aromatic heterocycles. The van der Waals surface area contributed by atoms with Gasteiger partial charge in [0, 0.05) is 189 Å². The third-order valence-corrected chi connectivity index (χ3v) is 3.18. The first-order valence-corrected chi connectivity index (χ1v) is 13.2. The highest BCUT2D eigenvalue weighted by molar-refractivity contribution is 4.97. The Kier molecular flexibility index (Phi) is 31.7. The SMILES string of the molecule is C=C=C=C=C=C=C=C=C=C=C=C=C=C=C=C=C=C=C=C=C=C=C=C=C=C=C=C=C=C=C=C=C=C=C=C=C=C=C=C=C=C=C=C=C=C=C=C=C=C=C=C=C. The van der Waals surface area contributed by atoms with Crippen molar-refractivity contribution in [3.63, 3.8) is 0 Å². The zero-order chi connectivity index (χ0) is 38.1. The van der Waals surface area contributed by atoms with Gasteiger partial charge in [-0.2, -0.15) is 0 Å². The quantitative estimate of drug-likeness (QED) is 0.233. The minimum atomic E-state index is 2.37. The first-order chi connectivity index (χ1) is 26.4. The smallest absolute Gasteiger partial charge is 0 e. The van der Waals surface area contributed by atoms with Gasteiger partial charge in [0.15, 0.2) is 0 Å². The lowest BCUT2D eigenvalue weighted by molar-refractivity contribution is 2.10. The lowest BCUT2D eigenvalue weighted by Gasteiger charge is -1.41. The molecular formula is C53H4. The summed E-state index contributed by atoms with van der Waals surface area (Å²) in [6.07, 6.45) is 0. The van der Waals surface area contributed by atoms with Crippen LogP contribution in [0.2, 0.25) is 0 Å². The third kappa shape index (κ3) is 40.5. The maximum absolute atomic E-state index is 3.31. The standard InChI is InChI=1S/C53H4/c1-3-5-7-9-11-13-15-17-19-21-23-25-27-29-31-33-35-37-39-41-43-45-47-49-51-53-52-50-48-46-44-42-40-38-36-34-32-30-28-26-24-22-20-18-16-14-12-10-8-6-4-2/h1-2H2. The van der Waals surface area contributed by atoms with Gasteiger partial charge >= 0.3 is 0 Å². The van der Waals surface area contributed by atoms with Crippen LogP contribution < -0.4 is 0 Å². The maximum Gasteiger partial charge on any atom is 0 e. The Morgan fingerprint density at radius 1 is 0.0943 bits per heavy atom. The van der Waals surface area contributed by atoms with Gasteiger partial charge in [0.2, 0.25) is 0 Å². The molecule has 0 radical (unpaired) electrons. The number of hydrogen-bond donors (Lipinski definition) is 0. The van der Waals surface area contributed by atoms with Crippen molar-refractivity contribution >= 4 is 0 Å². The van der Waals surface area contributed by atoms with E-state index in [4.69, 9.17) is 0 Å². The summed E-state index contributed by atoms with van der Waals surface area (Å²) in [6.45, 7) is 6.63. The Hall–Kier alpha value is -11.5. The summed E-state index contributed by atoms with van der Waals surface area (Å²) in [5, 5.41) is 0. The topological polar surface area (TPSA) is 0 Å². The van der Waals surface area contributed by atoms with Crippen LogP contribution >= 0.6 is 0 Å². The molecule has 0 saturated heterocycles. The van der Waals surface area contributed by atoms with Crippen LogP contribution in [0.5, 0.6) is 0 Å². The fourth-order valence-electron chi connectivity index (χ4n) is 1.56. The highest BCUT2D eigenvalue weighted by Crippen LogP contribution is 1.61. The molecule has 0 aliphatic heterocycles. The predicted octanol–water partition coefficient (Wildman–Crippen LogP) is 8.71. The molecule has 0 heteroatoms. The summed E-state index contributed by atoms with van der Waals surface area (Å²) in [5.41, 5.74) is 127. The van der Waals surface area contributed by atoms with Gasteiger partial charge in [0.25, 0.3) is 0 Å². The van der Waals surface area contributed by atoms with Crippen LogP contribution in [0.1, 0.15) is 0 Å². The summed E-state index contributed by atoms with van der Waals surface area (Å²) in [5.74, 6) is 0. The molecule has 0 spiro atoms. The van der Waals surface area contributed by atoms with Crippen molar-refractivity contribution in [2.75, 3.05) is 0 Å². The van der Waals surface area contributed by atoms with Crippen LogP contribution in [0.25, 0.3) is 0 Å². The molecule has 0 aliphatic carbocycles. The second kappa shape index (κ2) is 40.5. The van der Waals surface area contributed by atoms with Crippen LogP contribution in [-0.4, -0.2) is 0 Å². The monoisotopic (exact) mass is 640 g/mol. The fourth-order valence-corrected chi connectivity index (χ4v) is 1.56. The number of hydrogen-bond acceptors (Lipinski definition) is 0. The summed E-state index contributed by atoms with van der Waals surface area (Å²) in [4.78, 5) is 0. The fraction of sp³-hybridized carbons (Fsp3) is 0. The molecule has 0 saturated carbocycles. The highest BCUT2D eigenvalue weighted by Gasteiger charge is 1.46. The van der Waals surface area contributed by atoms with Gasteiger partial charge in [0.05, 0.1) is 0 Å². The van der Waals surface area contributed by atoms with Crippen molar-refractivity contribution in [3.05, 3.63) is 305 Å². The van der Waals surface area contributed by atoms with E-state index in [1.54, 1.807) is 0 Å². The predicted molar refractivity (Wildman–Crippen MR) is 190 cm³/mol. The molecule has 0 unspecified atom stereocenters. The molecule has 0 rings (SSSR count). The zero-order valence-corrected chi connectivity index (χ0v) is 26.9. The van der Waals surface area contributed by atoms with E-state index in [0.717, 1.165) is 0 Å². The molecule has 0 aliphatic rings. The highest BCUT2D eigenvalue weighted by atomic mass is 13.5. The van der Waals surface area contributed by atoms with Crippen LogP contribution in [0.15, 0.2) is 305 Å². The van der Waals surface area contributed by atoms with E-state index in [1.807, 2.05) is 0 Å². The van der Waals surface area contributed by atoms with Gasteiger partial charge in [-0.25, -0.2) is 0 Å². The van der Waals surface area contributed by atoms with Gasteiger partial charge in [-0.05, 0) is 105 Å². The Bertz CT molecular complexity index is 3440. The molecular weight excluding hydrogens is 637 g/mol. The normalized spacial score (nSPS) is 3.92. The lowest BCUT2D eigenvalue weighted by Crippen LogP contribution is -1.26. The van der Waals surface area contributed by atoms with Crippen LogP contribution in [0.3, 0.4) is 0 Å². The molecule has 0 amide bonds. The van der Waals surface area contributed by atoms with E-state index in [1.165, 1.54) is 0 Å². The average molecular weight is 641 g/mol. The first kappa shape index (κ1) is 41.5. The summed E-state index contributed by atoms with van der Waals surface area (Å²) in [7, 11) is 0. The summed E-state index contributed by atoms with van der Waals surface area (Å²) >= 11 is 0. The van der Waals surface area contributed by atoms with Crippen molar-refractivity contribution in [1.82, 2.24) is 0 Å². The molecule has 53 heavy (non-hydrogen) atoms. The molecule has 0 nitrogen and oxygen atoms in total. The van der Waals surface area contributed by atoms with Crippen LogP contribution in [0.4, 0.5) is 0 Å². The van der Waals surface area contributed by atoms with Crippen molar-refractivity contribution in [2.45, 2.75) is 0 Å². The first-order valence-electron chi connectivity index (χ1n) is 13.2. The summed E-state index contributed by atoms with van der Waals surface area (Å²) < 4.78 is 0. The molecule has 0 aromatic carbocycles. The van der Waals surface area contributed by atoms with Gasteiger partial charge in [-0.3, -0.25) is 0 Å². The van der Waals surface area contributed by atoms with Crippen LogP contribution in [-0.2, 0) is 0 Å². The Morgan fingerprint density at radius 2 is 0.151 bits per heavy atom. The Labute approximate surface area is 304 Å². The van der Waals surface area contributed by atoms with E-state index < -0.39 is 0 Å². The minimum absolute atomic E-state index is 2.37. The van der Waals surface area contributed by atoms with E-state index in [9.17, 15) is 0 Å². The molecule has 0 heterocycles. The molecule has 0 atom stereocenters. The largest absolute Gasteiger partial charge is 0.0687 e. The molecule has 0 bridgehead atoms. The third-order valence-electron chi connectivity index (χ3n) is 3.18. The van der Waals surface area contributed by atoms with Crippen molar-refractivity contribution in [1.29, 1.82) is 0 Å². The number of rotatable bonds is 0. The van der Waals surface area contributed by atoms with E-state index >= 15 is 0 Å². The average Bonchev–Trinajstić information content (AvgIpc) is 3.17. The zero-order valence-electron chi connectivity index (χ0n) is 26.9. The van der Waals surface area contributed by atoms with Crippen molar-refractivity contribution < 1.29 is 0 Å². The second-order valence-corrected chi connectivity index (χ2v) is 6.48. The van der Waals surface area contributed by atoms with Crippen LogP contribution in [0, 0.1) is 0 Å². The van der Waals surface area contributed by atoms with Gasteiger partial charge in [0.1, 0.15) is 0 Å². The second-order valence-electron chi connectivity index (χ2n) is 6.48. The van der Waals surface area contributed by atoms with E-state index in [0.29, 0.717) is 0 Å². The Morgan fingerprint density at radius 3 is 0.208 bits per heavy atom. The maximum atomic E-state index is 3.31. The lowest BCUT2D eigenvalue weighted by atomic mass is 10.6. The van der Waals surface area contributed by atoms with E-state index in [2.05, 4.69) is 305 Å².